The molecule has 7 heteroatoms. The molecule has 0 aliphatic rings. The standard InChI is InChI=1S/C28H20F4O3/c1-2-15-34-23-13-11-21(25(29)27(23)31)18-5-3-17(4-6-18)16-35-24-14-12-22(26(30)28(24)32)19-7-9-20(33)10-8-19/h2-14,33H,1,15-16H2. The summed E-state index contributed by atoms with van der Waals surface area (Å²) in [6.07, 6.45) is 1.43. The highest BCUT2D eigenvalue weighted by atomic mass is 19.2. The van der Waals surface area contributed by atoms with Crippen LogP contribution in [0.2, 0.25) is 0 Å². The quantitative estimate of drug-likeness (QED) is 0.211. The number of phenolic OH excluding ortho intramolecular Hbond substituents is 1. The Kier molecular flexibility index (Phi) is 7.06. The Morgan fingerprint density at radius 2 is 1.11 bits per heavy atom. The third-order valence-corrected chi connectivity index (χ3v) is 5.29. The molecule has 0 saturated carbocycles. The molecule has 1 N–H and O–H groups in total. The second kappa shape index (κ2) is 10.3. The minimum atomic E-state index is -1.14. The van der Waals surface area contributed by atoms with Crippen molar-refractivity contribution < 1.29 is 32.1 Å². The van der Waals surface area contributed by atoms with E-state index >= 15 is 0 Å². The molecular weight excluding hydrogens is 460 g/mol. The average molecular weight is 480 g/mol. The van der Waals surface area contributed by atoms with Crippen LogP contribution in [0.1, 0.15) is 5.56 Å². The van der Waals surface area contributed by atoms with Crippen molar-refractivity contribution >= 4 is 0 Å². The monoisotopic (exact) mass is 480 g/mol. The molecule has 4 aromatic rings. The number of hydrogen-bond acceptors (Lipinski definition) is 3. The molecule has 0 unspecified atom stereocenters. The second-order valence-corrected chi connectivity index (χ2v) is 7.61. The van der Waals surface area contributed by atoms with Crippen molar-refractivity contribution in [2.75, 3.05) is 6.61 Å². The first-order chi connectivity index (χ1) is 16.9. The van der Waals surface area contributed by atoms with Gasteiger partial charge in [-0.1, -0.05) is 49.1 Å². The molecule has 0 aliphatic heterocycles. The van der Waals surface area contributed by atoms with E-state index in [2.05, 4.69) is 6.58 Å². The molecule has 0 atom stereocenters. The molecule has 0 bridgehead atoms. The normalized spacial score (nSPS) is 10.7. The minimum absolute atomic E-state index is 0.0167. The van der Waals surface area contributed by atoms with E-state index < -0.39 is 23.3 Å². The van der Waals surface area contributed by atoms with Gasteiger partial charge in [-0.15, -0.1) is 0 Å². The van der Waals surface area contributed by atoms with Crippen molar-refractivity contribution in [2.24, 2.45) is 0 Å². The summed E-state index contributed by atoms with van der Waals surface area (Å²) in [7, 11) is 0. The van der Waals surface area contributed by atoms with E-state index in [9.17, 15) is 22.7 Å². The minimum Gasteiger partial charge on any atom is -0.508 e. The van der Waals surface area contributed by atoms with E-state index in [0.717, 1.165) is 0 Å². The van der Waals surface area contributed by atoms with Crippen LogP contribution in [0.25, 0.3) is 22.3 Å². The van der Waals surface area contributed by atoms with Crippen LogP contribution >= 0.6 is 0 Å². The number of hydrogen-bond donors (Lipinski definition) is 1. The lowest BCUT2D eigenvalue weighted by Gasteiger charge is -2.12. The highest BCUT2D eigenvalue weighted by molar-refractivity contribution is 5.67. The molecule has 0 fully saturated rings. The summed E-state index contributed by atoms with van der Waals surface area (Å²) in [5.41, 5.74) is 1.54. The number of ether oxygens (including phenoxy) is 2. The van der Waals surface area contributed by atoms with Gasteiger partial charge in [0.2, 0.25) is 11.6 Å². The first-order valence-electron chi connectivity index (χ1n) is 10.6. The lowest BCUT2D eigenvalue weighted by atomic mass is 10.0. The zero-order valence-electron chi connectivity index (χ0n) is 18.4. The van der Waals surface area contributed by atoms with E-state index in [1.807, 2.05) is 0 Å². The maximum atomic E-state index is 14.6. The van der Waals surface area contributed by atoms with E-state index in [1.54, 1.807) is 24.3 Å². The van der Waals surface area contributed by atoms with Crippen LogP contribution in [0, 0.1) is 23.3 Å². The van der Waals surface area contributed by atoms with Gasteiger partial charge in [-0.3, -0.25) is 0 Å². The van der Waals surface area contributed by atoms with Gasteiger partial charge in [-0.05, 0) is 53.1 Å². The largest absolute Gasteiger partial charge is 0.508 e. The summed E-state index contributed by atoms with van der Waals surface area (Å²) in [4.78, 5) is 0. The van der Waals surface area contributed by atoms with Gasteiger partial charge >= 0.3 is 0 Å². The topological polar surface area (TPSA) is 38.7 Å². The Labute approximate surface area is 199 Å². The Hall–Kier alpha value is -4.26. The molecule has 0 aromatic heterocycles. The number of phenols is 1. The lowest BCUT2D eigenvalue weighted by molar-refractivity contribution is 0.285. The smallest absolute Gasteiger partial charge is 0.201 e. The Bertz CT molecular complexity index is 1350. The van der Waals surface area contributed by atoms with Gasteiger partial charge in [0.1, 0.15) is 19.0 Å². The van der Waals surface area contributed by atoms with Crippen molar-refractivity contribution in [1.29, 1.82) is 0 Å². The van der Waals surface area contributed by atoms with Gasteiger partial charge in [-0.25, -0.2) is 8.78 Å². The first kappa shape index (κ1) is 23.9. The fraction of sp³-hybridized carbons (Fsp3) is 0.0714. The Morgan fingerprint density at radius 3 is 1.63 bits per heavy atom. The summed E-state index contributed by atoms with van der Waals surface area (Å²) in [6, 6.07) is 17.6. The summed E-state index contributed by atoms with van der Waals surface area (Å²) in [6.45, 7) is 3.45. The Morgan fingerprint density at radius 1 is 0.629 bits per heavy atom. The van der Waals surface area contributed by atoms with E-state index in [1.165, 1.54) is 54.6 Å². The summed E-state index contributed by atoms with van der Waals surface area (Å²) < 4.78 is 68.4. The van der Waals surface area contributed by atoms with Crippen molar-refractivity contribution in [3.8, 4) is 39.5 Å². The van der Waals surface area contributed by atoms with Crippen LogP contribution in [-0.2, 0) is 6.61 Å². The van der Waals surface area contributed by atoms with Gasteiger partial charge in [0, 0.05) is 11.1 Å². The fourth-order valence-corrected chi connectivity index (χ4v) is 3.46. The van der Waals surface area contributed by atoms with Gasteiger partial charge < -0.3 is 14.6 Å². The number of benzene rings is 4. The number of aromatic hydroxyl groups is 1. The van der Waals surface area contributed by atoms with Gasteiger partial charge in [0.25, 0.3) is 0 Å². The molecule has 3 nitrogen and oxygen atoms in total. The van der Waals surface area contributed by atoms with E-state index in [-0.39, 0.29) is 41.6 Å². The summed E-state index contributed by atoms with van der Waals surface area (Å²) in [5, 5.41) is 9.37. The van der Waals surface area contributed by atoms with E-state index in [0.29, 0.717) is 16.7 Å². The zero-order chi connectivity index (χ0) is 24.9. The molecule has 0 saturated heterocycles. The molecule has 0 heterocycles. The van der Waals surface area contributed by atoms with Crippen LogP contribution in [0.3, 0.4) is 0 Å². The molecule has 0 radical (unpaired) electrons. The number of halogens is 4. The van der Waals surface area contributed by atoms with Gasteiger partial charge in [-0.2, -0.15) is 8.78 Å². The second-order valence-electron chi connectivity index (χ2n) is 7.61. The molecule has 35 heavy (non-hydrogen) atoms. The lowest BCUT2D eigenvalue weighted by Crippen LogP contribution is -2.01. The summed E-state index contributed by atoms with van der Waals surface area (Å²) in [5.74, 6) is -4.79. The van der Waals surface area contributed by atoms with Crippen molar-refractivity contribution in [3.63, 3.8) is 0 Å². The first-order valence-corrected chi connectivity index (χ1v) is 10.6. The molecule has 4 aromatic carbocycles. The molecule has 0 spiro atoms. The molecule has 0 amide bonds. The molecule has 178 valence electrons. The van der Waals surface area contributed by atoms with Crippen LogP contribution in [0.4, 0.5) is 17.6 Å². The van der Waals surface area contributed by atoms with Crippen molar-refractivity contribution in [1.82, 2.24) is 0 Å². The zero-order valence-corrected chi connectivity index (χ0v) is 18.4. The molecule has 4 rings (SSSR count). The summed E-state index contributed by atoms with van der Waals surface area (Å²) >= 11 is 0. The van der Waals surface area contributed by atoms with Gasteiger partial charge in [0.05, 0.1) is 0 Å². The SMILES string of the molecule is C=CCOc1ccc(-c2ccc(COc3ccc(-c4ccc(O)cc4)c(F)c3F)cc2)c(F)c1F. The fourth-order valence-electron chi connectivity index (χ4n) is 3.46. The third kappa shape index (κ3) is 5.14. The van der Waals surface area contributed by atoms with Crippen LogP contribution in [0.5, 0.6) is 17.2 Å². The molecule has 0 aliphatic carbocycles. The predicted molar refractivity (Wildman–Crippen MR) is 125 cm³/mol. The average Bonchev–Trinajstić information content (AvgIpc) is 2.87. The Balaban J connectivity index is 1.47. The van der Waals surface area contributed by atoms with Gasteiger partial charge in [0.15, 0.2) is 23.1 Å². The van der Waals surface area contributed by atoms with E-state index in [4.69, 9.17) is 9.47 Å². The van der Waals surface area contributed by atoms with Crippen molar-refractivity contribution in [3.05, 3.63) is 114 Å². The van der Waals surface area contributed by atoms with Crippen LogP contribution in [-0.4, -0.2) is 11.7 Å². The van der Waals surface area contributed by atoms with Crippen LogP contribution < -0.4 is 9.47 Å². The third-order valence-electron chi connectivity index (χ3n) is 5.29. The van der Waals surface area contributed by atoms with Crippen LogP contribution in [0.15, 0.2) is 85.5 Å². The maximum Gasteiger partial charge on any atom is 0.201 e. The maximum absolute atomic E-state index is 14.6. The number of rotatable bonds is 8. The predicted octanol–water partition coefficient (Wildman–Crippen LogP) is 7.43. The highest BCUT2D eigenvalue weighted by Gasteiger charge is 2.17. The van der Waals surface area contributed by atoms with Crippen molar-refractivity contribution in [2.45, 2.75) is 6.61 Å². The molecular formula is C28H20F4O3. The highest BCUT2D eigenvalue weighted by Crippen LogP contribution is 2.32.